The predicted octanol–water partition coefficient (Wildman–Crippen LogP) is 7.90. The van der Waals surface area contributed by atoms with Crippen molar-refractivity contribution in [2.24, 2.45) is 0 Å². The number of hydrogen-bond donors (Lipinski definition) is 1. The van der Waals surface area contributed by atoms with Crippen molar-refractivity contribution in [1.29, 1.82) is 0 Å². The highest BCUT2D eigenvalue weighted by molar-refractivity contribution is 5.90. The normalized spacial score (nSPS) is 17.6. The van der Waals surface area contributed by atoms with E-state index in [4.69, 9.17) is 9.47 Å². The van der Waals surface area contributed by atoms with Crippen LogP contribution in [0.25, 0.3) is 0 Å². The summed E-state index contributed by atoms with van der Waals surface area (Å²) in [5.74, 6) is 0. The highest BCUT2D eigenvalue weighted by Crippen LogP contribution is 2.42. The molecule has 0 fully saturated rings. The smallest absolute Gasteiger partial charge is 0.416 e. The molecule has 2 amide bonds. The molecule has 2 aromatic rings. The van der Waals surface area contributed by atoms with Crippen LogP contribution in [0.1, 0.15) is 60.5 Å². The summed E-state index contributed by atoms with van der Waals surface area (Å²) < 4.78 is 129. The number of amides is 2. The Bertz CT molecular complexity index is 1230. The van der Waals surface area contributed by atoms with Crippen molar-refractivity contribution in [2.75, 3.05) is 18.1 Å². The largest absolute Gasteiger partial charge is 0.449 e. The molecule has 0 saturated heterocycles. The second kappa shape index (κ2) is 12.1. The summed E-state index contributed by atoms with van der Waals surface area (Å²) in [5.41, 5.74) is -4.47. The molecule has 15 heteroatoms. The number of hydrogen-bond acceptors (Lipinski definition) is 4. The van der Waals surface area contributed by atoms with Crippen molar-refractivity contribution < 1.29 is 58.6 Å². The number of alkyl halides is 9. The zero-order chi connectivity index (χ0) is 30.8. The fourth-order valence-electron chi connectivity index (χ4n) is 4.47. The Kier molecular flexibility index (Phi) is 9.38. The SMILES string of the molecule is CCOC(=O)N1c2ccc(C(F)(F)F)cc2[C@@H](NC(=O)OCCc2cc(C(F)(F)F)cc(C(F)(F)F)c2)C[C@H]1CC. The molecule has 0 spiro atoms. The van der Waals surface area contributed by atoms with E-state index >= 15 is 0 Å². The number of nitrogens with zero attached hydrogens (tertiary/aromatic N) is 1. The van der Waals surface area contributed by atoms with Gasteiger partial charge in [-0.25, -0.2) is 9.59 Å². The first kappa shape index (κ1) is 31.9. The number of anilines is 1. The van der Waals surface area contributed by atoms with Gasteiger partial charge in [-0.15, -0.1) is 0 Å². The van der Waals surface area contributed by atoms with Gasteiger partial charge in [0.15, 0.2) is 0 Å². The number of nitrogens with one attached hydrogen (secondary N) is 1. The van der Waals surface area contributed by atoms with Crippen LogP contribution in [0.15, 0.2) is 36.4 Å². The van der Waals surface area contributed by atoms with Gasteiger partial charge >= 0.3 is 30.7 Å². The monoisotopic (exact) mass is 600 g/mol. The first-order valence-electron chi connectivity index (χ1n) is 12.3. The van der Waals surface area contributed by atoms with Gasteiger partial charge in [0.1, 0.15) is 0 Å². The number of halogens is 9. The first-order chi connectivity index (χ1) is 19.0. The van der Waals surface area contributed by atoms with Crippen molar-refractivity contribution in [3.05, 3.63) is 64.2 Å². The Morgan fingerprint density at radius 3 is 1.95 bits per heavy atom. The van der Waals surface area contributed by atoms with E-state index in [2.05, 4.69) is 5.32 Å². The zero-order valence-electron chi connectivity index (χ0n) is 21.6. The average Bonchev–Trinajstić information content (AvgIpc) is 2.86. The van der Waals surface area contributed by atoms with Gasteiger partial charge in [-0.2, -0.15) is 39.5 Å². The van der Waals surface area contributed by atoms with Gasteiger partial charge in [0.25, 0.3) is 0 Å². The molecule has 2 aromatic carbocycles. The van der Waals surface area contributed by atoms with E-state index in [1.54, 1.807) is 13.8 Å². The number of alkyl carbamates (subject to hydrolysis) is 1. The Labute approximate surface area is 228 Å². The van der Waals surface area contributed by atoms with Crippen molar-refractivity contribution in [2.45, 2.75) is 63.7 Å². The summed E-state index contributed by atoms with van der Waals surface area (Å²) in [7, 11) is 0. The van der Waals surface area contributed by atoms with Gasteiger partial charge in [0, 0.05) is 12.5 Å². The van der Waals surface area contributed by atoms with Crippen LogP contribution in [0.5, 0.6) is 0 Å². The van der Waals surface area contributed by atoms with Gasteiger partial charge in [0.05, 0.1) is 41.6 Å². The van der Waals surface area contributed by atoms with Crippen molar-refractivity contribution in [3.8, 4) is 0 Å². The lowest BCUT2D eigenvalue weighted by Crippen LogP contribution is -2.48. The zero-order valence-corrected chi connectivity index (χ0v) is 21.6. The summed E-state index contributed by atoms with van der Waals surface area (Å²) >= 11 is 0. The fraction of sp³-hybridized carbons (Fsp3) is 0.462. The quantitative estimate of drug-likeness (QED) is 0.343. The topological polar surface area (TPSA) is 67.9 Å². The molecule has 2 atom stereocenters. The molecule has 0 radical (unpaired) electrons. The molecule has 1 heterocycles. The molecule has 0 bridgehead atoms. The summed E-state index contributed by atoms with van der Waals surface area (Å²) in [6.07, 6.45) is -17.0. The minimum Gasteiger partial charge on any atom is -0.449 e. The third-order valence-corrected chi connectivity index (χ3v) is 6.36. The molecule has 6 nitrogen and oxygen atoms in total. The van der Waals surface area contributed by atoms with Crippen LogP contribution in [-0.4, -0.2) is 31.4 Å². The third kappa shape index (κ3) is 7.76. The summed E-state index contributed by atoms with van der Waals surface area (Å²) in [4.78, 5) is 26.4. The minimum absolute atomic E-state index is 0.00603. The average molecular weight is 600 g/mol. The van der Waals surface area contributed by atoms with Crippen LogP contribution in [0.2, 0.25) is 0 Å². The van der Waals surface area contributed by atoms with Crippen LogP contribution in [0.4, 0.5) is 54.8 Å². The lowest BCUT2D eigenvalue weighted by atomic mass is 9.89. The van der Waals surface area contributed by atoms with E-state index in [0.717, 1.165) is 18.2 Å². The van der Waals surface area contributed by atoms with Gasteiger partial charge in [-0.05, 0) is 67.3 Å². The second-order valence-electron chi connectivity index (χ2n) is 9.14. The van der Waals surface area contributed by atoms with Gasteiger partial charge in [0.2, 0.25) is 0 Å². The fourth-order valence-corrected chi connectivity index (χ4v) is 4.47. The van der Waals surface area contributed by atoms with Crippen LogP contribution in [0, 0.1) is 0 Å². The summed E-state index contributed by atoms with van der Waals surface area (Å²) in [6.45, 7) is 2.65. The Morgan fingerprint density at radius 1 is 0.854 bits per heavy atom. The summed E-state index contributed by atoms with van der Waals surface area (Å²) in [5, 5.41) is 2.40. The standard InChI is InChI=1S/C26H25F9N2O4/c1-3-18-13-20(19-12-15(24(27,28)29)5-6-21(19)37(18)23(39)40-4-2)36-22(38)41-8-7-14-9-16(25(30,31)32)11-17(10-14)26(33,34)35/h5-6,9-12,18,20H,3-4,7-8,13H2,1-2H3,(H,36,38)/t18-,20+/m1/s1. The van der Waals surface area contributed by atoms with E-state index in [1.807, 2.05) is 0 Å². The molecule has 1 N–H and O–H groups in total. The van der Waals surface area contributed by atoms with Crippen LogP contribution >= 0.6 is 0 Å². The molecule has 0 aromatic heterocycles. The minimum atomic E-state index is -5.05. The molecule has 0 aliphatic carbocycles. The maximum absolute atomic E-state index is 13.4. The Hall–Kier alpha value is -3.65. The van der Waals surface area contributed by atoms with Crippen molar-refractivity contribution in [1.82, 2.24) is 5.32 Å². The Balaban J connectivity index is 1.81. The number of rotatable bonds is 6. The highest BCUT2D eigenvalue weighted by atomic mass is 19.4. The lowest BCUT2D eigenvalue weighted by molar-refractivity contribution is -0.143. The molecule has 226 valence electrons. The van der Waals surface area contributed by atoms with Crippen molar-refractivity contribution >= 4 is 17.9 Å². The van der Waals surface area contributed by atoms with Crippen LogP contribution < -0.4 is 10.2 Å². The van der Waals surface area contributed by atoms with E-state index in [-0.39, 0.29) is 30.3 Å². The number of fused-ring (bicyclic) bond motifs is 1. The van der Waals surface area contributed by atoms with Gasteiger partial charge in [-0.3, -0.25) is 4.90 Å². The molecule has 41 heavy (non-hydrogen) atoms. The van der Waals surface area contributed by atoms with E-state index in [9.17, 15) is 49.1 Å². The number of ether oxygens (including phenoxy) is 2. The van der Waals surface area contributed by atoms with E-state index < -0.39 is 78.1 Å². The Morgan fingerprint density at radius 2 is 1.44 bits per heavy atom. The molecular weight excluding hydrogens is 575 g/mol. The molecule has 1 aliphatic heterocycles. The first-order valence-corrected chi connectivity index (χ1v) is 12.3. The highest BCUT2D eigenvalue weighted by Gasteiger charge is 2.40. The second-order valence-corrected chi connectivity index (χ2v) is 9.14. The molecule has 1 aliphatic rings. The third-order valence-electron chi connectivity index (χ3n) is 6.36. The molecule has 3 rings (SSSR count). The lowest BCUT2D eigenvalue weighted by Gasteiger charge is -2.40. The van der Waals surface area contributed by atoms with Gasteiger partial charge in [-0.1, -0.05) is 6.92 Å². The van der Waals surface area contributed by atoms with Crippen LogP contribution in [-0.2, 0) is 34.4 Å². The van der Waals surface area contributed by atoms with E-state index in [0.29, 0.717) is 18.6 Å². The summed E-state index contributed by atoms with van der Waals surface area (Å²) in [6, 6.07) is 1.96. The molecule has 0 unspecified atom stereocenters. The maximum atomic E-state index is 13.4. The molecular formula is C26H25F9N2O4. The predicted molar refractivity (Wildman–Crippen MR) is 127 cm³/mol. The maximum Gasteiger partial charge on any atom is 0.416 e. The van der Waals surface area contributed by atoms with Gasteiger partial charge < -0.3 is 14.8 Å². The number of carbonyl (C=O) groups excluding carboxylic acids is 2. The number of benzene rings is 2. The number of carbonyl (C=O) groups is 2. The van der Waals surface area contributed by atoms with E-state index in [1.165, 1.54) is 4.90 Å². The molecule has 0 saturated carbocycles. The van der Waals surface area contributed by atoms with Crippen LogP contribution in [0.3, 0.4) is 0 Å². The van der Waals surface area contributed by atoms with Crippen molar-refractivity contribution in [3.63, 3.8) is 0 Å².